The summed E-state index contributed by atoms with van der Waals surface area (Å²) in [5.41, 5.74) is 12.4. The summed E-state index contributed by atoms with van der Waals surface area (Å²) in [5, 5.41) is 6.87. The van der Waals surface area contributed by atoms with Crippen LogP contribution in [0.3, 0.4) is 0 Å². The monoisotopic (exact) mass is 1090 g/mol. The Balaban J connectivity index is 1.30. The molecule has 0 radical (unpaired) electrons. The molecule has 0 spiro atoms. The summed E-state index contributed by atoms with van der Waals surface area (Å²) < 4.78 is 12.1. The lowest BCUT2D eigenvalue weighted by molar-refractivity contribution is -0.148. The number of hydrogen-bond acceptors (Lipinski definition) is 12. The van der Waals surface area contributed by atoms with Crippen molar-refractivity contribution in [3.05, 3.63) is 48.2 Å². The number of imide groups is 1. The molecule has 1 aromatic heterocycles. The minimum atomic E-state index is -0.982. The lowest BCUT2D eigenvalue weighted by Crippen LogP contribution is -2.60. The summed E-state index contributed by atoms with van der Waals surface area (Å²) in [7, 11) is 6.60. The fraction of sp³-hybridized carbons (Fsp3) is 0.667. The molecule has 0 saturated carbocycles. The van der Waals surface area contributed by atoms with Crippen LogP contribution in [-0.4, -0.2) is 168 Å². The van der Waals surface area contributed by atoms with E-state index in [4.69, 9.17) is 15.2 Å². The van der Waals surface area contributed by atoms with Gasteiger partial charge >= 0.3 is 0 Å². The molecule has 1 saturated heterocycles. The van der Waals surface area contributed by atoms with Crippen LogP contribution in [0.1, 0.15) is 131 Å². The molecule has 7 N–H and O–H groups in total. The zero-order chi connectivity index (χ0) is 57.8. The van der Waals surface area contributed by atoms with Crippen LogP contribution in [0.15, 0.2) is 42.6 Å². The van der Waals surface area contributed by atoms with Crippen LogP contribution < -0.4 is 27.2 Å². The standard InChI is InChI=1S/C57H90N10O11/c1-12-37(6)52(44(77-10)33-49(72)66-31-21-24-43(66)53(78-11)38(7)55(74)60-42(54(58)73)32-39-34-59-41-23-18-17-22-40(39)41)65(9)57(76)50(35(2)3)61-56(75)51(36(4)5)64(8)29-19-13-15-25-45(68)62-63-46(69)26-16-14-20-30-67-47(70)27-28-48(67)71/h17-18,22-23,27-28,34-38,42-44,50-53,59H,12-16,19-21,24-26,29-33H2,1-11H3,(H2,58,73)(H,60,74)(H,61,75)(H,62,68)(H,63,69)/t37?,38?,42-,43-,44?,50-,51?,52?,53?/m0/s1. The van der Waals surface area contributed by atoms with Gasteiger partial charge in [0.1, 0.15) is 12.1 Å². The van der Waals surface area contributed by atoms with E-state index in [1.165, 1.54) is 31.3 Å². The second-order valence-corrected chi connectivity index (χ2v) is 21.9. The number of likely N-dealkylation sites (tertiary alicyclic amines) is 1. The fourth-order valence-corrected chi connectivity index (χ4v) is 10.9. The SMILES string of the molecule is CCC(C)C(C(CC(=O)N1CCC[C@H]1C(OC)C(C)C(=O)N[C@@H](Cc1c[nH]c2ccccc12)C(N)=O)OC)N(C)C(=O)[C@@H](NC(=O)C(C(C)C)N(C)CCCCCC(=O)NNC(=O)CCCCCN1C(=O)C=CC1=O)C(C)C. The van der Waals surface area contributed by atoms with E-state index in [-0.39, 0.29) is 84.8 Å². The molecule has 9 amide bonds. The van der Waals surface area contributed by atoms with Crippen molar-refractivity contribution in [2.45, 2.75) is 174 Å². The molecule has 0 bridgehead atoms. The molecular formula is C57H90N10O11. The molecule has 9 atom stereocenters. The van der Waals surface area contributed by atoms with Gasteiger partial charge in [0.2, 0.25) is 41.4 Å². The number of primary amides is 1. The number of benzene rings is 1. The second kappa shape index (κ2) is 31.4. The van der Waals surface area contributed by atoms with Gasteiger partial charge in [-0.1, -0.05) is 85.9 Å². The number of carbonyl (C=O) groups excluding carboxylic acids is 9. The van der Waals surface area contributed by atoms with E-state index in [0.717, 1.165) is 16.5 Å². The first-order valence-electron chi connectivity index (χ1n) is 27.9. The summed E-state index contributed by atoms with van der Waals surface area (Å²) in [4.78, 5) is 128. The highest BCUT2D eigenvalue weighted by atomic mass is 16.5. The summed E-state index contributed by atoms with van der Waals surface area (Å²) in [5.74, 6) is -4.47. The molecule has 0 aliphatic carbocycles. The molecule has 6 unspecified atom stereocenters. The number of aromatic nitrogens is 1. The topological polar surface area (TPSA) is 275 Å². The predicted octanol–water partition coefficient (Wildman–Crippen LogP) is 3.89. The van der Waals surface area contributed by atoms with E-state index < -0.39 is 60.1 Å². The number of ether oxygens (including phenoxy) is 2. The molecule has 1 fully saturated rings. The number of methoxy groups -OCH3 is 2. The summed E-state index contributed by atoms with van der Waals surface area (Å²) in [6.45, 7) is 14.7. The Kier molecular flexibility index (Phi) is 25.9. The zero-order valence-corrected chi connectivity index (χ0v) is 48.1. The van der Waals surface area contributed by atoms with Crippen molar-refractivity contribution in [2.75, 3.05) is 47.9 Å². The average Bonchev–Trinajstić information content (AvgIpc) is 4.16. The van der Waals surface area contributed by atoms with Crippen LogP contribution in [0, 0.1) is 23.7 Å². The number of unbranched alkanes of at least 4 members (excludes halogenated alkanes) is 4. The summed E-state index contributed by atoms with van der Waals surface area (Å²) in [6, 6.07) is 4.23. The first-order valence-corrected chi connectivity index (χ1v) is 27.9. The number of nitrogens with one attached hydrogen (secondary N) is 5. The lowest BCUT2D eigenvalue weighted by Gasteiger charge is -2.41. The van der Waals surface area contributed by atoms with Gasteiger partial charge in [0.15, 0.2) is 0 Å². The molecule has 434 valence electrons. The van der Waals surface area contributed by atoms with E-state index in [0.29, 0.717) is 77.4 Å². The number of H-pyrrole nitrogens is 1. The van der Waals surface area contributed by atoms with E-state index in [2.05, 4.69) is 26.5 Å². The Morgan fingerprint density at radius 1 is 0.808 bits per heavy atom. The van der Waals surface area contributed by atoms with Gasteiger partial charge in [-0.3, -0.25) is 63.8 Å². The Hall–Kier alpha value is -6.19. The molecule has 2 aliphatic heterocycles. The van der Waals surface area contributed by atoms with Crippen LogP contribution in [0.5, 0.6) is 0 Å². The number of likely N-dealkylation sites (N-methyl/N-ethyl adjacent to an activating group) is 2. The smallest absolute Gasteiger partial charge is 0.253 e. The third kappa shape index (κ3) is 17.9. The molecule has 78 heavy (non-hydrogen) atoms. The summed E-state index contributed by atoms with van der Waals surface area (Å²) in [6.07, 6.45) is 9.06. The van der Waals surface area contributed by atoms with Gasteiger partial charge in [-0.25, -0.2) is 0 Å². The van der Waals surface area contributed by atoms with Gasteiger partial charge in [-0.05, 0) is 81.5 Å². The maximum atomic E-state index is 14.7. The number of hydrogen-bond donors (Lipinski definition) is 6. The van der Waals surface area contributed by atoms with E-state index in [1.54, 1.807) is 30.0 Å². The van der Waals surface area contributed by atoms with Crippen molar-refractivity contribution < 1.29 is 52.6 Å². The van der Waals surface area contributed by atoms with Crippen molar-refractivity contribution >= 4 is 64.1 Å². The minimum Gasteiger partial charge on any atom is -0.379 e. The van der Waals surface area contributed by atoms with Crippen LogP contribution in [0.4, 0.5) is 0 Å². The Morgan fingerprint density at radius 2 is 1.44 bits per heavy atom. The van der Waals surface area contributed by atoms with Crippen molar-refractivity contribution in [3.8, 4) is 0 Å². The first kappa shape index (κ1) is 64.3. The Bertz CT molecular complexity index is 2370. The van der Waals surface area contributed by atoms with Crippen molar-refractivity contribution in [3.63, 3.8) is 0 Å². The quantitative estimate of drug-likeness (QED) is 0.0338. The number of carbonyl (C=O) groups is 9. The van der Waals surface area contributed by atoms with Crippen LogP contribution in [0.25, 0.3) is 10.9 Å². The number of rotatable bonds is 33. The Morgan fingerprint density at radius 3 is 2.01 bits per heavy atom. The molecule has 21 nitrogen and oxygen atoms in total. The maximum absolute atomic E-state index is 14.7. The lowest BCUT2D eigenvalue weighted by atomic mass is 9.89. The van der Waals surface area contributed by atoms with Crippen molar-refractivity contribution in [1.82, 2.24) is 46.1 Å². The number of hydrazine groups is 1. The highest BCUT2D eigenvalue weighted by Crippen LogP contribution is 2.30. The largest absolute Gasteiger partial charge is 0.379 e. The van der Waals surface area contributed by atoms with Crippen LogP contribution in [0.2, 0.25) is 0 Å². The first-order chi connectivity index (χ1) is 37.1. The van der Waals surface area contributed by atoms with Gasteiger partial charge in [-0.2, -0.15) is 0 Å². The third-order valence-electron chi connectivity index (χ3n) is 15.6. The van der Waals surface area contributed by atoms with Crippen molar-refractivity contribution in [1.29, 1.82) is 0 Å². The van der Waals surface area contributed by atoms with Gasteiger partial charge in [0.05, 0.1) is 42.7 Å². The van der Waals surface area contributed by atoms with Crippen LogP contribution in [-0.2, 0) is 59.0 Å². The number of aromatic amines is 1. The number of nitrogens with two attached hydrogens (primary N) is 1. The molecule has 2 aliphatic rings. The zero-order valence-electron chi connectivity index (χ0n) is 48.1. The normalized spacial score (nSPS) is 17.7. The molecule has 4 rings (SSSR count). The maximum Gasteiger partial charge on any atom is 0.253 e. The Labute approximate surface area is 461 Å². The molecule has 1 aromatic carbocycles. The highest BCUT2D eigenvalue weighted by Gasteiger charge is 2.44. The molecular weight excluding hydrogens is 1000 g/mol. The van der Waals surface area contributed by atoms with Gasteiger partial charge < -0.3 is 40.6 Å². The summed E-state index contributed by atoms with van der Waals surface area (Å²) >= 11 is 0. The van der Waals surface area contributed by atoms with Gasteiger partial charge in [-0.15, -0.1) is 0 Å². The molecule has 2 aromatic rings. The van der Waals surface area contributed by atoms with E-state index >= 15 is 0 Å². The van der Waals surface area contributed by atoms with Gasteiger partial charge in [0, 0.05) is 82.9 Å². The number of para-hydroxylation sites is 1. The number of nitrogens with zero attached hydrogens (tertiary/aromatic N) is 4. The fourth-order valence-electron chi connectivity index (χ4n) is 10.9. The van der Waals surface area contributed by atoms with E-state index in [1.807, 2.05) is 77.8 Å². The van der Waals surface area contributed by atoms with E-state index in [9.17, 15) is 43.2 Å². The van der Waals surface area contributed by atoms with Crippen molar-refractivity contribution in [2.24, 2.45) is 29.4 Å². The minimum absolute atomic E-state index is 0.0543. The second-order valence-electron chi connectivity index (χ2n) is 21.9. The van der Waals surface area contributed by atoms with Crippen LogP contribution >= 0.6 is 0 Å². The highest BCUT2D eigenvalue weighted by molar-refractivity contribution is 6.12. The third-order valence-corrected chi connectivity index (χ3v) is 15.6. The van der Waals surface area contributed by atoms with Gasteiger partial charge in [0.25, 0.3) is 11.8 Å². The number of amides is 9. The predicted molar refractivity (Wildman–Crippen MR) is 296 cm³/mol. The molecule has 3 heterocycles. The average molecular weight is 1090 g/mol. The number of fused-ring (bicyclic) bond motifs is 1. The molecule has 21 heteroatoms.